The Labute approximate surface area is 56.4 Å². The number of rotatable bonds is 1. The fourth-order valence-corrected chi connectivity index (χ4v) is 0.956. The van der Waals surface area contributed by atoms with Crippen molar-refractivity contribution in [2.24, 2.45) is 5.92 Å². The third-order valence-corrected chi connectivity index (χ3v) is 1.95. The van der Waals surface area contributed by atoms with E-state index in [9.17, 15) is 9.90 Å². The maximum absolute atomic E-state index is 9.90. The summed E-state index contributed by atoms with van der Waals surface area (Å²) in [4.78, 5) is 9.90. The van der Waals surface area contributed by atoms with Gasteiger partial charge in [-0.25, -0.2) is 9.90 Å². The molecule has 0 spiro atoms. The molecule has 0 aromatic carbocycles. The van der Waals surface area contributed by atoms with Crippen LogP contribution in [0.15, 0.2) is 0 Å². The molecule has 1 aliphatic carbocycles. The Morgan fingerprint density at radius 3 is 2.00 bits per heavy atom. The highest BCUT2D eigenvalue weighted by atomic mass is 35.5. The van der Waals surface area contributed by atoms with Gasteiger partial charge >= 0.3 is 5.97 Å². The van der Waals surface area contributed by atoms with Crippen molar-refractivity contribution in [3.05, 3.63) is 0 Å². The van der Waals surface area contributed by atoms with E-state index in [1.807, 2.05) is 0 Å². The van der Waals surface area contributed by atoms with Crippen LogP contribution in [0.1, 0.15) is 6.42 Å². The van der Waals surface area contributed by atoms with Crippen molar-refractivity contribution < 1.29 is 9.90 Å². The van der Waals surface area contributed by atoms with Gasteiger partial charge in [-0.15, -0.1) is 23.2 Å². The Bertz CT molecular complexity index is 132. The highest BCUT2D eigenvalue weighted by Crippen LogP contribution is 2.53. The first kappa shape index (κ1) is 6.17. The fraction of sp³-hybridized carbons (Fsp3) is 0.750. The van der Waals surface area contributed by atoms with Crippen LogP contribution in [0.25, 0.3) is 0 Å². The van der Waals surface area contributed by atoms with Crippen LogP contribution in [-0.2, 0) is 9.90 Å². The molecule has 0 heterocycles. The predicted molar refractivity (Wildman–Crippen MR) is 28.2 cm³/mol. The fourth-order valence-electron chi connectivity index (χ4n) is 0.469. The molecule has 0 amide bonds. The Morgan fingerprint density at radius 1 is 1.62 bits per heavy atom. The Balaban J connectivity index is 2.48. The zero-order valence-corrected chi connectivity index (χ0v) is 5.37. The average Bonchev–Trinajstić information content (AvgIpc) is 2.13. The summed E-state index contributed by atoms with van der Waals surface area (Å²) in [7, 11) is 0. The van der Waals surface area contributed by atoms with Gasteiger partial charge in [0, 0.05) is 0 Å². The summed E-state index contributed by atoms with van der Waals surface area (Å²) >= 11 is 10.7. The van der Waals surface area contributed by atoms with Gasteiger partial charge in [0.1, 0.15) is 4.33 Å². The summed E-state index contributed by atoms with van der Waals surface area (Å²) in [6, 6.07) is 0. The maximum atomic E-state index is 9.90. The molecule has 45 valence electrons. The third-order valence-electron chi connectivity index (χ3n) is 1.11. The molecule has 1 fully saturated rings. The summed E-state index contributed by atoms with van der Waals surface area (Å²) in [6.45, 7) is 0. The van der Waals surface area contributed by atoms with Crippen molar-refractivity contribution in [1.82, 2.24) is 0 Å². The molecule has 1 saturated carbocycles. The Morgan fingerprint density at radius 2 is 2.00 bits per heavy atom. The average molecular weight is 154 g/mol. The van der Waals surface area contributed by atoms with Crippen LogP contribution >= 0.6 is 23.2 Å². The van der Waals surface area contributed by atoms with Crippen LogP contribution < -0.4 is 0 Å². The molecule has 0 aromatic rings. The molecule has 4 heteroatoms. The molecule has 0 bridgehead atoms. The van der Waals surface area contributed by atoms with Gasteiger partial charge in [0.25, 0.3) is 0 Å². The first-order valence-electron chi connectivity index (χ1n) is 2.13. The number of hydrogen-bond donors (Lipinski definition) is 0. The van der Waals surface area contributed by atoms with E-state index in [4.69, 9.17) is 23.2 Å². The largest absolute Gasteiger partial charge is 0.361 e. The van der Waals surface area contributed by atoms with E-state index >= 15 is 0 Å². The van der Waals surface area contributed by atoms with Gasteiger partial charge in [0.05, 0.1) is 5.92 Å². The molecule has 8 heavy (non-hydrogen) atoms. The lowest BCUT2D eigenvalue weighted by Crippen LogP contribution is -2.01. The summed E-state index contributed by atoms with van der Waals surface area (Å²) in [5.74, 6) is -1.80. The second-order valence-electron chi connectivity index (χ2n) is 1.84. The predicted octanol–water partition coefficient (Wildman–Crippen LogP) is 1.14. The minimum absolute atomic E-state index is 0.318. The SMILES string of the molecule is [O]C(=O)C1CC1(Cl)Cl. The summed E-state index contributed by atoms with van der Waals surface area (Å²) in [5.41, 5.74) is 0. The van der Waals surface area contributed by atoms with Crippen LogP contribution in [0, 0.1) is 5.92 Å². The summed E-state index contributed by atoms with van der Waals surface area (Å²) < 4.78 is -1.03. The summed E-state index contributed by atoms with van der Waals surface area (Å²) in [5, 5.41) is 9.90. The lowest BCUT2D eigenvalue weighted by molar-refractivity contribution is -0.144. The highest BCUT2D eigenvalue weighted by Gasteiger charge is 2.57. The topological polar surface area (TPSA) is 37.0 Å². The van der Waals surface area contributed by atoms with Crippen LogP contribution in [0.5, 0.6) is 0 Å². The van der Waals surface area contributed by atoms with Crippen LogP contribution in [0.2, 0.25) is 0 Å². The van der Waals surface area contributed by atoms with Gasteiger partial charge in [-0.1, -0.05) is 0 Å². The molecule has 1 radical (unpaired) electrons. The van der Waals surface area contributed by atoms with Gasteiger partial charge in [0.2, 0.25) is 0 Å². The van der Waals surface area contributed by atoms with E-state index in [-0.39, 0.29) is 0 Å². The molecule has 0 aliphatic heterocycles. The normalized spacial score (nSPS) is 32.0. The van der Waals surface area contributed by atoms with Gasteiger partial charge < -0.3 is 0 Å². The van der Waals surface area contributed by atoms with Crippen molar-refractivity contribution in [3.63, 3.8) is 0 Å². The minimum Gasteiger partial charge on any atom is -0.247 e. The number of carbonyl (C=O) groups excluding carboxylic acids is 1. The van der Waals surface area contributed by atoms with E-state index in [1.165, 1.54) is 0 Å². The highest BCUT2D eigenvalue weighted by molar-refractivity contribution is 6.52. The zero-order chi connectivity index (χ0) is 6.36. The lowest BCUT2D eigenvalue weighted by atomic mass is 10.4. The Hall–Kier alpha value is 0.0500. The quantitative estimate of drug-likeness (QED) is 0.521. The molecule has 1 aliphatic rings. The number of hydrogen-bond acceptors (Lipinski definition) is 1. The third kappa shape index (κ3) is 0.906. The van der Waals surface area contributed by atoms with E-state index < -0.39 is 16.2 Å². The van der Waals surface area contributed by atoms with Crippen molar-refractivity contribution in [3.8, 4) is 0 Å². The van der Waals surface area contributed by atoms with Crippen LogP contribution in [0.4, 0.5) is 0 Å². The van der Waals surface area contributed by atoms with Crippen molar-refractivity contribution in [2.75, 3.05) is 0 Å². The molecule has 1 unspecified atom stereocenters. The van der Waals surface area contributed by atoms with Crippen molar-refractivity contribution in [2.45, 2.75) is 10.8 Å². The molecule has 0 N–H and O–H groups in total. The molecule has 1 atom stereocenters. The van der Waals surface area contributed by atoms with Gasteiger partial charge in [-0.05, 0) is 6.42 Å². The number of halogens is 2. The minimum atomic E-state index is -1.16. The molecular weight excluding hydrogens is 151 g/mol. The molecule has 1 rings (SSSR count). The van der Waals surface area contributed by atoms with Gasteiger partial charge in [-0.2, -0.15) is 0 Å². The lowest BCUT2D eigenvalue weighted by Gasteiger charge is -1.86. The molecule has 0 saturated heterocycles. The van der Waals surface area contributed by atoms with Crippen molar-refractivity contribution in [1.29, 1.82) is 0 Å². The van der Waals surface area contributed by atoms with E-state index in [2.05, 4.69) is 0 Å². The second kappa shape index (κ2) is 1.52. The van der Waals surface area contributed by atoms with Crippen molar-refractivity contribution >= 4 is 29.2 Å². The van der Waals surface area contributed by atoms with E-state index in [1.54, 1.807) is 0 Å². The smallest absolute Gasteiger partial charge is 0.247 e. The monoisotopic (exact) mass is 153 g/mol. The molecular formula is C4H3Cl2O2. The summed E-state index contributed by atoms with van der Waals surface area (Å²) in [6.07, 6.45) is 0.318. The first-order chi connectivity index (χ1) is 3.54. The number of alkyl halides is 2. The maximum Gasteiger partial charge on any atom is 0.361 e. The van der Waals surface area contributed by atoms with Gasteiger partial charge in [-0.3, -0.25) is 0 Å². The first-order valence-corrected chi connectivity index (χ1v) is 2.88. The van der Waals surface area contributed by atoms with Gasteiger partial charge in [0.15, 0.2) is 0 Å². The van der Waals surface area contributed by atoms with E-state index in [0.29, 0.717) is 6.42 Å². The second-order valence-corrected chi connectivity index (χ2v) is 3.38. The van der Waals surface area contributed by atoms with Crippen LogP contribution in [-0.4, -0.2) is 10.3 Å². The van der Waals surface area contributed by atoms with E-state index in [0.717, 1.165) is 0 Å². The van der Waals surface area contributed by atoms with Crippen LogP contribution in [0.3, 0.4) is 0 Å². The molecule has 2 nitrogen and oxygen atoms in total. The number of carbonyl (C=O) groups is 1. The standard InChI is InChI=1S/C4H3Cl2O2/c5-4(6)1-2(4)3(7)8/h2H,1H2. The molecule has 0 aromatic heterocycles. The zero-order valence-electron chi connectivity index (χ0n) is 3.86. The Kier molecular flexibility index (Phi) is 1.17.